The predicted molar refractivity (Wildman–Crippen MR) is 92.9 cm³/mol. The third kappa shape index (κ3) is 4.40. The van der Waals surface area contributed by atoms with Crippen LogP contribution in [0.4, 0.5) is 4.79 Å². The van der Waals surface area contributed by atoms with Gasteiger partial charge in [-0.25, -0.2) is 4.79 Å². The first-order valence-electron chi connectivity index (χ1n) is 8.56. The largest absolute Gasteiger partial charge is 0.493 e. The molecular formula is C18H27N3O3. The number of nitrogens with two attached hydrogens (primary N) is 1. The summed E-state index contributed by atoms with van der Waals surface area (Å²) in [5.74, 6) is 0.866. The van der Waals surface area contributed by atoms with Gasteiger partial charge in [0.2, 0.25) is 5.91 Å². The van der Waals surface area contributed by atoms with Gasteiger partial charge in [0.1, 0.15) is 11.8 Å². The van der Waals surface area contributed by atoms with Crippen molar-refractivity contribution >= 4 is 11.9 Å². The van der Waals surface area contributed by atoms with Crippen LogP contribution < -0.4 is 10.5 Å². The van der Waals surface area contributed by atoms with Crippen molar-refractivity contribution in [1.29, 1.82) is 0 Å². The quantitative estimate of drug-likeness (QED) is 0.776. The minimum absolute atomic E-state index is 0.0414. The number of aryl methyl sites for hydroxylation is 1. The molecule has 6 heteroatoms. The highest BCUT2D eigenvalue weighted by atomic mass is 16.5. The fraction of sp³-hybridized carbons (Fsp3) is 0.556. The number of carbonyl (C=O) groups is 2. The molecule has 1 aromatic carbocycles. The Hall–Kier alpha value is -2.24. The molecule has 0 radical (unpaired) electrons. The van der Waals surface area contributed by atoms with Crippen molar-refractivity contribution in [1.82, 2.24) is 9.80 Å². The second-order valence-corrected chi connectivity index (χ2v) is 6.11. The van der Waals surface area contributed by atoms with Crippen molar-refractivity contribution < 1.29 is 14.3 Å². The molecule has 3 amide bonds. The summed E-state index contributed by atoms with van der Waals surface area (Å²) in [6.45, 7) is 3.81. The molecule has 1 fully saturated rings. The van der Waals surface area contributed by atoms with Crippen molar-refractivity contribution in [3.05, 3.63) is 29.8 Å². The summed E-state index contributed by atoms with van der Waals surface area (Å²) in [6.07, 6.45) is 3.18. The van der Waals surface area contributed by atoms with Gasteiger partial charge >= 0.3 is 6.03 Å². The van der Waals surface area contributed by atoms with E-state index in [1.54, 1.807) is 11.9 Å². The molecule has 1 heterocycles. The van der Waals surface area contributed by atoms with E-state index in [9.17, 15) is 9.59 Å². The zero-order valence-corrected chi connectivity index (χ0v) is 14.5. The van der Waals surface area contributed by atoms with Crippen LogP contribution in [0.15, 0.2) is 24.3 Å². The number of hydrogen-bond donors (Lipinski definition) is 1. The van der Waals surface area contributed by atoms with Gasteiger partial charge in [0, 0.05) is 20.1 Å². The zero-order valence-electron chi connectivity index (χ0n) is 14.5. The Morgan fingerprint density at radius 2 is 2.12 bits per heavy atom. The Labute approximate surface area is 143 Å². The third-order valence-electron chi connectivity index (χ3n) is 4.45. The lowest BCUT2D eigenvalue weighted by atomic mass is 10.1. The second kappa shape index (κ2) is 8.57. The summed E-state index contributed by atoms with van der Waals surface area (Å²) in [7, 11) is 1.76. The maximum atomic E-state index is 12.5. The number of hydrogen-bond acceptors (Lipinski definition) is 3. The smallest absolute Gasteiger partial charge is 0.315 e. The van der Waals surface area contributed by atoms with E-state index in [2.05, 4.69) is 13.0 Å². The van der Waals surface area contributed by atoms with Crippen LogP contribution in [-0.2, 0) is 11.2 Å². The summed E-state index contributed by atoms with van der Waals surface area (Å²) in [5.41, 5.74) is 6.52. The van der Waals surface area contributed by atoms with Crippen LogP contribution in [0, 0.1) is 0 Å². The van der Waals surface area contributed by atoms with Gasteiger partial charge in [0.05, 0.1) is 6.61 Å². The van der Waals surface area contributed by atoms with E-state index in [1.165, 1.54) is 10.5 Å². The van der Waals surface area contributed by atoms with Crippen LogP contribution in [0.3, 0.4) is 0 Å². The molecule has 2 N–H and O–H groups in total. The van der Waals surface area contributed by atoms with Gasteiger partial charge in [-0.1, -0.05) is 25.1 Å². The Bertz CT molecular complexity index is 576. The first-order chi connectivity index (χ1) is 11.5. The van der Waals surface area contributed by atoms with Crippen LogP contribution in [0.5, 0.6) is 5.75 Å². The van der Waals surface area contributed by atoms with Crippen molar-refractivity contribution in [2.24, 2.45) is 5.73 Å². The molecule has 0 spiro atoms. The molecule has 0 bridgehead atoms. The number of nitrogens with zero attached hydrogens (tertiary/aromatic N) is 2. The summed E-state index contributed by atoms with van der Waals surface area (Å²) < 4.78 is 5.82. The van der Waals surface area contributed by atoms with Crippen molar-refractivity contribution in [2.45, 2.75) is 38.6 Å². The molecule has 1 atom stereocenters. The highest BCUT2D eigenvalue weighted by Gasteiger charge is 2.34. The van der Waals surface area contributed by atoms with E-state index in [0.29, 0.717) is 26.1 Å². The lowest BCUT2D eigenvalue weighted by Gasteiger charge is -2.26. The van der Waals surface area contributed by atoms with Gasteiger partial charge in [-0.15, -0.1) is 0 Å². The molecule has 0 aromatic heterocycles. The maximum Gasteiger partial charge on any atom is 0.315 e. The number of amides is 3. The average Bonchev–Trinajstić information content (AvgIpc) is 3.08. The molecule has 0 aliphatic carbocycles. The Kier molecular flexibility index (Phi) is 6.46. The lowest BCUT2D eigenvalue weighted by molar-refractivity contribution is -0.133. The summed E-state index contributed by atoms with van der Waals surface area (Å²) in [5, 5.41) is 0. The number of para-hydroxylation sites is 1. The predicted octanol–water partition coefficient (Wildman–Crippen LogP) is 2.02. The lowest BCUT2D eigenvalue weighted by Crippen LogP contribution is -2.48. The van der Waals surface area contributed by atoms with E-state index >= 15 is 0 Å². The number of rotatable bonds is 7. The summed E-state index contributed by atoms with van der Waals surface area (Å²) in [4.78, 5) is 27.0. The van der Waals surface area contributed by atoms with Gasteiger partial charge in [-0.2, -0.15) is 0 Å². The van der Waals surface area contributed by atoms with Gasteiger partial charge < -0.3 is 20.3 Å². The zero-order chi connectivity index (χ0) is 17.5. The van der Waals surface area contributed by atoms with E-state index in [1.807, 2.05) is 18.2 Å². The van der Waals surface area contributed by atoms with Crippen LogP contribution >= 0.6 is 0 Å². The molecule has 2 rings (SSSR count). The molecule has 1 saturated heterocycles. The molecule has 6 nitrogen and oxygen atoms in total. The van der Waals surface area contributed by atoms with Gasteiger partial charge in [-0.05, 0) is 37.3 Å². The fourth-order valence-corrected chi connectivity index (χ4v) is 3.07. The van der Waals surface area contributed by atoms with Gasteiger partial charge in [0.25, 0.3) is 0 Å². The Balaban J connectivity index is 1.77. The number of ether oxygens (including phenoxy) is 1. The highest BCUT2D eigenvalue weighted by Crippen LogP contribution is 2.20. The molecule has 132 valence electrons. The van der Waals surface area contributed by atoms with E-state index in [-0.39, 0.29) is 5.91 Å². The molecule has 1 aromatic rings. The van der Waals surface area contributed by atoms with Crippen LogP contribution in [0.1, 0.15) is 31.7 Å². The number of benzene rings is 1. The topological polar surface area (TPSA) is 75.9 Å². The van der Waals surface area contributed by atoms with E-state index < -0.39 is 12.1 Å². The SMILES string of the molecule is CCc1ccccc1OCCCN(C)C(=O)[C@H]1CCCN1C(N)=O. The standard InChI is InChI=1S/C18H27N3O3/c1-3-14-8-4-5-10-16(14)24-13-7-11-20(2)17(22)15-9-6-12-21(15)18(19)23/h4-5,8,10,15H,3,6-7,9,11-13H2,1-2H3,(H2,19,23)/t15-/m1/s1. The first-order valence-corrected chi connectivity index (χ1v) is 8.56. The monoisotopic (exact) mass is 333 g/mol. The number of likely N-dealkylation sites (tertiary alicyclic amines) is 1. The molecular weight excluding hydrogens is 306 g/mol. The number of urea groups is 1. The average molecular weight is 333 g/mol. The molecule has 0 unspecified atom stereocenters. The summed E-state index contributed by atoms with van der Waals surface area (Å²) >= 11 is 0. The highest BCUT2D eigenvalue weighted by molar-refractivity contribution is 5.87. The van der Waals surface area contributed by atoms with E-state index in [4.69, 9.17) is 10.5 Å². The van der Waals surface area contributed by atoms with Crippen LogP contribution in [-0.4, -0.2) is 54.5 Å². The molecule has 1 aliphatic rings. The first kappa shape index (κ1) is 18.1. The van der Waals surface area contributed by atoms with Gasteiger partial charge in [0.15, 0.2) is 0 Å². The van der Waals surface area contributed by atoms with E-state index in [0.717, 1.165) is 25.0 Å². The van der Waals surface area contributed by atoms with Gasteiger partial charge in [-0.3, -0.25) is 4.79 Å². The Morgan fingerprint density at radius 1 is 1.38 bits per heavy atom. The minimum atomic E-state index is -0.515. The van der Waals surface area contributed by atoms with Crippen molar-refractivity contribution in [3.8, 4) is 5.75 Å². The molecule has 0 saturated carbocycles. The normalized spacial score (nSPS) is 16.9. The Morgan fingerprint density at radius 3 is 2.83 bits per heavy atom. The maximum absolute atomic E-state index is 12.5. The third-order valence-corrected chi connectivity index (χ3v) is 4.45. The number of carbonyl (C=O) groups excluding carboxylic acids is 2. The van der Waals surface area contributed by atoms with Crippen molar-refractivity contribution in [2.75, 3.05) is 26.7 Å². The van der Waals surface area contributed by atoms with Crippen LogP contribution in [0.2, 0.25) is 0 Å². The van der Waals surface area contributed by atoms with Crippen molar-refractivity contribution in [3.63, 3.8) is 0 Å². The molecule has 24 heavy (non-hydrogen) atoms. The van der Waals surface area contributed by atoms with Crippen LogP contribution in [0.25, 0.3) is 0 Å². The fourth-order valence-electron chi connectivity index (χ4n) is 3.07. The molecule has 1 aliphatic heterocycles. The number of likely N-dealkylation sites (N-methyl/N-ethyl adjacent to an activating group) is 1. The minimum Gasteiger partial charge on any atom is -0.493 e. The number of primary amides is 1. The summed E-state index contributed by atoms with van der Waals surface area (Å²) in [6, 6.07) is 7.07. The second-order valence-electron chi connectivity index (χ2n) is 6.11.